The van der Waals surface area contributed by atoms with Crippen LogP contribution in [0.3, 0.4) is 0 Å². The van der Waals surface area contributed by atoms with Crippen LogP contribution >= 0.6 is 11.6 Å². The number of hydrogen-bond donors (Lipinski definition) is 0. The van der Waals surface area contributed by atoms with Gasteiger partial charge in [-0.2, -0.15) is 4.99 Å². The number of nitrogens with zero attached hydrogens (tertiary/aromatic N) is 1. The number of rotatable bonds is 7. The van der Waals surface area contributed by atoms with Crippen LogP contribution in [0.4, 0.5) is 0 Å². The van der Waals surface area contributed by atoms with E-state index in [1.165, 1.54) is 6.08 Å². The van der Waals surface area contributed by atoms with Crippen LogP contribution < -0.4 is 0 Å². The van der Waals surface area contributed by atoms with Gasteiger partial charge in [-0.15, -0.1) is 11.6 Å². The molecule has 0 aromatic heterocycles. The zero-order valence-electron chi connectivity index (χ0n) is 7.25. The lowest BCUT2D eigenvalue weighted by Crippen LogP contribution is -2.09. The maximum absolute atomic E-state index is 9.87. The van der Waals surface area contributed by atoms with Crippen molar-refractivity contribution in [3.05, 3.63) is 0 Å². The predicted molar refractivity (Wildman–Crippen MR) is 48.1 cm³/mol. The Balaban J connectivity index is 3.38. The van der Waals surface area contributed by atoms with Gasteiger partial charge in [-0.05, 0) is 19.3 Å². The van der Waals surface area contributed by atoms with E-state index in [-0.39, 0.29) is 6.23 Å². The summed E-state index contributed by atoms with van der Waals surface area (Å²) in [5.74, 6) is 0.650. The van der Waals surface area contributed by atoms with E-state index in [0.29, 0.717) is 18.9 Å². The number of carbonyl (C=O) groups excluding carboxylic acids is 1. The van der Waals surface area contributed by atoms with Gasteiger partial charge in [0.1, 0.15) is 0 Å². The topological polar surface area (TPSA) is 38.7 Å². The van der Waals surface area contributed by atoms with Crippen molar-refractivity contribution in [2.45, 2.75) is 32.4 Å². The van der Waals surface area contributed by atoms with Gasteiger partial charge >= 0.3 is 0 Å². The number of halogens is 1. The van der Waals surface area contributed by atoms with Gasteiger partial charge in [0, 0.05) is 12.5 Å². The van der Waals surface area contributed by atoms with E-state index in [0.717, 1.165) is 12.8 Å². The molecule has 0 heterocycles. The molecule has 1 unspecified atom stereocenters. The van der Waals surface area contributed by atoms with Crippen molar-refractivity contribution >= 4 is 17.7 Å². The summed E-state index contributed by atoms with van der Waals surface area (Å²) in [4.78, 5) is 13.3. The Hall–Kier alpha value is -0.370. The van der Waals surface area contributed by atoms with Crippen LogP contribution in [0.5, 0.6) is 0 Å². The molecule has 0 aliphatic heterocycles. The van der Waals surface area contributed by atoms with E-state index in [4.69, 9.17) is 16.3 Å². The Bertz CT molecular complexity index is 146. The molecule has 1 atom stereocenters. The average molecular weight is 192 g/mol. The largest absolute Gasteiger partial charge is 0.356 e. The maximum Gasteiger partial charge on any atom is 0.237 e. The molecule has 0 aromatic rings. The summed E-state index contributed by atoms with van der Waals surface area (Å²) in [6.45, 7) is 2.52. The molecular weight excluding hydrogens is 178 g/mol. The van der Waals surface area contributed by atoms with Crippen molar-refractivity contribution in [1.29, 1.82) is 0 Å². The van der Waals surface area contributed by atoms with Gasteiger partial charge < -0.3 is 4.74 Å². The van der Waals surface area contributed by atoms with Crippen molar-refractivity contribution < 1.29 is 9.53 Å². The minimum atomic E-state index is -0.321. The third kappa shape index (κ3) is 6.35. The standard InChI is InChI=1S/C8H14ClNO2/c1-2-8(10-7-11)12-6-4-3-5-9/h8H,2-6H2,1H3. The number of isocyanates is 1. The molecule has 4 heteroatoms. The van der Waals surface area contributed by atoms with E-state index in [2.05, 4.69) is 4.99 Å². The molecule has 0 aliphatic rings. The molecule has 0 aliphatic carbocycles. The second-order valence-corrected chi connectivity index (χ2v) is 2.73. The van der Waals surface area contributed by atoms with Gasteiger partial charge in [-0.3, -0.25) is 0 Å². The first-order valence-electron chi connectivity index (χ1n) is 4.09. The lowest BCUT2D eigenvalue weighted by atomic mass is 10.3. The Morgan fingerprint density at radius 1 is 1.58 bits per heavy atom. The van der Waals surface area contributed by atoms with E-state index >= 15 is 0 Å². The highest BCUT2D eigenvalue weighted by Gasteiger charge is 2.01. The van der Waals surface area contributed by atoms with E-state index < -0.39 is 0 Å². The number of unbranched alkanes of at least 4 members (excludes halogenated alkanes) is 1. The molecule has 0 radical (unpaired) electrons. The number of aliphatic imine (C=N–C) groups is 1. The van der Waals surface area contributed by atoms with Crippen molar-refractivity contribution in [1.82, 2.24) is 0 Å². The quantitative estimate of drug-likeness (QED) is 0.268. The van der Waals surface area contributed by atoms with Crippen LogP contribution in [0.2, 0.25) is 0 Å². The maximum atomic E-state index is 9.87. The molecule has 12 heavy (non-hydrogen) atoms. The van der Waals surface area contributed by atoms with Gasteiger partial charge in [0.2, 0.25) is 6.08 Å². The average Bonchev–Trinajstić information content (AvgIpc) is 2.10. The fourth-order valence-corrected chi connectivity index (χ4v) is 0.910. The van der Waals surface area contributed by atoms with Crippen molar-refractivity contribution in [3.63, 3.8) is 0 Å². The van der Waals surface area contributed by atoms with Gasteiger partial charge in [0.05, 0.1) is 0 Å². The van der Waals surface area contributed by atoms with Crippen LogP contribution in [0.25, 0.3) is 0 Å². The van der Waals surface area contributed by atoms with Crippen LogP contribution in [0.1, 0.15) is 26.2 Å². The number of hydrogen-bond acceptors (Lipinski definition) is 3. The second-order valence-electron chi connectivity index (χ2n) is 2.35. The van der Waals surface area contributed by atoms with Gasteiger partial charge in [0.25, 0.3) is 0 Å². The normalized spacial score (nSPS) is 12.2. The summed E-state index contributed by atoms with van der Waals surface area (Å²) in [5, 5.41) is 0. The van der Waals surface area contributed by atoms with Crippen molar-refractivity contribution in [2.75, 3.05) is 12.5 Å². The lowest BCUT2D eigenvalue weighted by Gasteiger charge is -2.08. The first-order valence-corrected chi connectivity index (χ1v) is 4.63. The highest BCUT2D eigenvalue weighted by atomic mass is 35.5. The Morgan fingerprint density at radius 2 is 2.33 bits per heavy atom. The zero-order valence-corrected chi connectivity index (χ0v) is 8.01. The third-order valence-electron chi connectivity index (χ3n) is 1.38. The first-order chi connectivity index (χ1) is 5.85. The summed E-state index contributed by atoms with van der Waals surface area (Å²) in [6.07, 6.45) is 3.71. The van der Waals surface area contributed by atoms with Crippen LogP contribution in [-0.2, 0) is 9.53 Å². The number of alkyl halides is 1. The summed E-state index contributed by atoms with van der Waals surface area (Å²) in [7, 11) is 0. The van der Waals surface area contributed by atoms with Gasteiger partial charge in [0.15, 0.2) is 6.23 Å². The van der Waals surface area contributed by atoms with Crippen molar-refractivity contribution in [3.8, 4) is 0 Å². The molecule has 0 fully saturated rings. The van der Waals surface area contributed by atoms with Crippen molar-refractivity contribution in [2.24, 2.45) is 4.99 Å². The zero-order chi connectivity index (χ0) is 9.23. The van der Waals surface area contributed by atoms with Crippen LogP contribution in [-0.4, -0.2) is 24.8 Å². The molecule has 3 nitrogen and oxygen atoms in total. The summed E-state index contributed by atoms with van der Waals surface area (Å²) in [5.41, 5.74) is 0. The number of ether oxygens (including phenoxy) is 1. The van der Waals surface area contributed by atoms with E-state index in [1.807, 2.05) is 6.92 Å². The fraction of sp³-hybridized carbons (Fsp3) is 0.875. The molecule has 70 valence electrons. The minimum Gasteiger partial charge on any atom is -0.356 e. The Labute approximate surface area is 77.8 Å². The first kappa shape index (κ1) is 11.6. The Kier molecular flexibility index (Phi) is 8.46. The van der Waals surface area contributed by atoms with E-state index in [1.54, 1.807) is 0 Å². The van der Waals surface area contributed by atoms with E-state index in [9.17, 15) is 4.79 Å². The van der Waals surface area contributed by atoms with Crippen LogP contribution in [0.15, 0.2) is 4.99 Å². The highest BCUT2D eigenvalue weighted by molar-refractivity contribution is 6.17. The molecule has 0 spiro atoms. The fourth-order valence-electron chi connectivity index (χ4n) is 0.721. The van der Waals surface area contributed by atoms with Gasteiger partial charge in [-0.25, -0.2) is 4.79 Å². The molecule has 0 amide bonds. The molecule has 0 N–H and O–H groups in total. The third-order valence-corrected chi connectivity index (χ3v) is 1.65. The summed E-state index contributed by atoms with van der Waals surface area (Å²) in [6, 6.07) is 0. The molecule has 0 rings (SSSR count). The molecular formula is C8H14ClNO2. The molecule has 0 bridgehead atoms. The highest BCUT2D eigenvalue weighted by Crippen LogP contribution is 2.01. The summed E-state index contributed by atoms with van der Waals surface area (Å²) >= 11 is 5.47. The molecule has 0 aromatic carbocycles. The SMILES string of the molecule is CCC(N=C=O)OCCCCCl. The van der Waals surface area contributed by atoms with Gasteiger partial charge in [-0.1, -0.05) is 6.92 Å². The molecule has 0 saturated carbocycles. The monoisotopic (exact) mass is 191 g/mol. The predicted octanol–water partition coefficient (Wildman–Crippen LogP) is 2.09. The summed E-state index contributed by atoms with van der Waals surface area (Å²) < 4.78 is 5.25. The van der Waals surface area contributed by atoms with Crippen LogP contribution in [0, 0.1) is 0 Å². The smallest absolute Gasteiger partial charge is 0.237 e. The molecule has 0 saturated heterocycles. The Morgan fingerprint density at radius 3 is 2.83 bits per heavy atom. The lowest BCUT2D eigenvalue weighted by molar-refractivity contribution is 0.0552. The minimum absolute atomic E-state index is 0.321. The second kappa shape index (κ2) is 8.72.